The average Bonchev–Trinajstić information content (AvgIpc) is 2.93. The van der Waals surface area contributed by atoms with Crippen molar-refractivity contribution < 1.29 is 9.59 Å². The van der Waals surface area contributed by atoms with E-state index in [0.717, 1.165) is 23.3 Å². The molecule has 2 N–H and O–H groups in total. The molecule has 1 fully saturated rings. The highest BCUT2D eigenvalue weighted by Crippen LogP contribution is 2.19. The van der Waals surface area contributed by atoms with Gasteiger partial charge in [0.1, 0.15) is 5.82 Å². The van der Waals surface area contributed by atoms with Crippen LogP contribution in [0.3, 0.4) is 0 Å². The molecule has 3 amide bonds. The van der Waals surface area contributed by atoms with E-state index in [2.05, 4.69) is 36.4 Å². The third-order valence-corrected chi connectivity index (χ3v) is 5.17. The maximum absolute atomic E-state index is 12.8. The van der Waals surface area contributed by atoms with Gasteiger partial charge in [-0.25, -0.2) is 9.78 Å². The number of nitrogens with one attached hydrogen (secondary N) is 2. The van der Waals surface area contributed by atoms with Gasteiger partial charge in [-0.3, -0.25) is 4.79 Å². The van der Waals surface area contributed by atoms with Gasteiger partial charge in [0, 0.05) is 41.8 Å². The van der Waals surface area contributed by atoms with Crippen LogP contribution in [0.4, 0.5) is 16.3 Å². The molecule has 1 aromatic carbocycles. The number of hydrogen-bond donors (Lipinski definition) is 2. The third kappa shape index (κ3) is 6.19. The minimum absolute atomic E-state index is 0.0514. The molecule has 8 heteroatoms. The van der Waals surface area contributed by atoms with E-state index in [4.69, 9.17) is 0 Å². The van der Waals surface area contributed by atoms with Gasteiger partial charge in [-0.2, -0.15) is 0 Å². The first-order valence-corrected chi connectivity index (χ1v) is 10.9. The number of benzene rings is 1. The van der Waals surface area contributed by atoms with Gasteiger partial charge in [-0.05, 0) is 57.5 Å². The van der Waals surface area contributed by atoms with Gasteiger partial charge in [0.2, 0.25) is 0 Å². The molecule has 1 aliphatic rings. The summed E-state index contributed by atoms with van der Waals surface area (Å²) >= 11 is 3.43. The molecule has 30 heavy (non-hydrogen) atoms. The molecule has 0 spiro atoms. The summed E-state index contributed by atoms with van der Waals surface area (Å²) in [5.41, 5.74) is 1.03. The van der Waals surface area contributed by atoms with Gasteiger partial charge >= 0.3 is 6.03 Å². The Balaban J connectivity index is 1.58. The molecule has 0 saturated carbocycles. The second kappa shape index (κ2) is 9.47. The van der Waals surface area contributed by atoms with E-state index in [-0.39, 0.29) is 17.5 Å². The molecule has 0 unspecified atom stereocenters. The molecule has 1 aromatic heterocycles. The summed E-state index contributed by atoms with van der Waals surface area (Å²) in [5.74, 6) is 0.893. The number of nitrogens with zero attached hydrogens (tertiary/aromatic N) is 3. The zero-order chi connectivity index (χ0) is 21.7. The number of anilines is 2. The number of urea groups is 1. The van der Waals surface area contributed by atoms with E-state index in [1.165, 1.54) is 0 Å². The molecule has 0 bridgehead atoms. The lowest BCUT2D eigenvalue weighted by Gasteiger charge is -2.23. The van der Waals surface area contributed by atoms with Crippen LogP contribution in [0.15, 0.2) is 47.1 Å². The lowest BCUT2D eigenvalue weighted by Crippen LogP contribution is -2.43. The Labute approximate surface area is 186 Å². The normalized spacial score (nSPS) is 14.8. The van der Waals surface area contributed by atoms with Gasteiger partial charge in [-0.15, -0.1) is 0 Å². The van der Waals surface area contributed by atoms with Crippen LogP contribution in [0.2, 0.25) is 0 Å². The Morgan fingerprint density at radius 2 is 1.87 bits per heavy atom. The summed E-state index contributed by atoms with van der Waals surface area (Å²) in [7, 11) is 0. The van der Waals surface area contributed by atoms with Crippen molar-refractivity contribution in [3.05, 3.63) is 52.6 Å². The Morgan fingerprint density at radius 1 is 1.07 bits per heavy atom. The van der Waals surface area contributed by atoms with E-state index >= 15 is 0 Å². The number of rotatable bonds is 3. The number of aromatic nitrogens is 1. The molecule has 0 aliphatic carbocycles. The second-order valence-corrected chi connectivity index (χ2v) is 9.29. The molecule has 2 aromatic rings. The van der Waals surface area contributed by atoms with Crippen LogP contribution in [0, 0.1) is 0 Å². The quantitative estimate of drug-likeness (QED) is 0.702. The Morgan fingerprint density at radius 3 is 2.53 bits per heavy atom. The SMILES string of the molecule is CC(C)(C)NC(=O)Nc1ccc(N2CCCN(C(=O)c3cccc(Br)c3)CC2)nc1. The highest BCUT2D eigenvalue weighted by Gasteiger charge is 2.21. The number of amides is 3. The predicted octanol–water partition coefficient (Wildman–Crippen LogP) is 4.12. The van der Waals surface area contributed by atoms with E-state index in [1.54, 1.807) is 6.20 Å². The summed E-state index contributed by atoms with van der Waals surface area (Å²) in [6.07, 6.45) is 2.53. The van der Waals surface area contributed by atoms with Crippen LogP contribution in [0.1, 0.15) is 37.6 Å². The standard InChI is InChI=1S/C22H28BrN5O2/c1-22(2,3)26-21(30)25-18-8-9-19(24-15-18)27-10-5-11-28(13-12-27)20(29)16-6-4-7-17(23)14-16/h4,6-9,14-15H,5,10-13H2,1-3H3,(H2,25,26,30). The lowest BCUT2D eigenvalue weighted by molar-refractivity contribution is 0.0767. The van der Waals surface area contributed by atoms with Crippen molar-refractivity contribution in [2.45, 2.75) is 32.7 Å². The maximum atomic E-state index is 12.8. The Bertz CT molecular complexity index is 895. The van der Waals surface area contributed by atoms with Gasteiger partial charge in [0.15, 0.2) is 0 Å². The molecule has 0 atom stereocenters. The molecule has 7 nitrogen and oxygen atoms in total. The van der Waals surface area contributed by atoms with Gasteiger partial charge in [0.25, 0.3) is 5.91 Å². The van der Waals surface area contributed by atoms with E-state index in [9.17, 15) is 9.59 Å². The van der Waals surface area contributed by atoms with E-state index < -0.39 is 0 Å². The Hall–Kier alpha value is -2.61. The summed E-state index contributed by atoms with van der Waals surface area (Å²) < 4.78 is 0.902. The van der Waals surface area contributed by atoms with Gasteiger partial charge in [0.05, 0.1) is 11.9 Å². The molecule has 1 aliphatic heterocycles. The predicted molar refractivity (Wildman–Crippen MR) is 123 cm³/mol. The summed E-state index contributed by atoms with van der Waals surface area (Å²) in [4.78, 5) is 33.4. The van der Waals surface area contributed by atoms with Crippen LogP contribution in [-0.2, 0) is 0 Å². The fraction of sp³-hybridized carbons (Fsp3) is 0.409. The zero-order valence-corrected chi connectivity index (χ0v) is 19.2. The van der Waals surface area contributed by atoms with Crippen molar-refractivity contribution in [3.8, 4) is 0 Å². The Kier molecular flexibility index (Phi) is 6.97. The maximum Gasteiger partial charge on any atom is 0.319 e. The van der Waals surface area contributed by atoms with Crippen LogP contribution in [-0.4, -0.2) is 53.5 Å². The van der Waals surface area contributed by atoms with Crippen LogP contribution >= 0.6 is 15.9 Å². The van der Waals surface area contributed by atoms with Crippen LogP contribution < -0.4 is 15.5 Å². The molecule has 2 heterocycles. The molecule has 3 rings (SSSR count). The molecular weight excluding hydrogens is 446 g/mol. The van der Waals surface area contributed by atoms with Gasteiger partial charge < -0.3 is 20.4 Å². The highest BCUT2D eigenvalue weighted by atomic mass is 79.9. The smallest absolute Gasteiger partial charge is 0.319 e. The minimum Gasteiger partial charge on any atom is -0.355 e. The monoisotopic (exact) mass is 473 g/mol. The minimum atomic E-state index is -0.303. The zero-order valence-electron chi connectivity index (χ0n) is 17.6. The van der Waals surface area contributed by atoms with Crippen LogP contribution in [0.5, 0.6) is 0 Å². The number of carbonyl (C=O) groups excluding carboxylic acids is 2. The average molecular weight is 474 g/mol. The fourth-order valence-electron chi connectivity index (χ4n) is 3.30. The molecule has 1 saturated heterocycles. The van der Waals surface area contributed by atoms with Crippen molar-refractivity contribution in [2.75, 3.05) is 36.4 Å². The van der Waals surface area contributed by atoms with Crippen molar-refractivity contribution in [2.24, 2.45) is 0 Å². The first kappa shape index (κ1) is 22.1. The lowest BCUT2D eigenvalue weighted by atomic mass is 10.1. The fourth-order valence-corrected chi connectivity index (χ4v) is 3.70. The highest BCUT2D eigenvalue weighted by molar-refractivity contribution is 9.10. The van der Waals surface area contributed by atoms with E-state index in [1.807, 2.05) is 62.1 Å². The van der Waals surface area contributed by atoms with Crippen molar-refractivity contribution in [3.63, 3.8) is 0 Å². The molecule has 0 radical (unpaired) electrons. The first-order chi connectivity index (χ1) is 14.2. The third-order valence-electron chi connectivity index (χ3n) is 4.67. The number of pyridine rings is 1. The first-order valence-electron chi connectivity index (χ1n) is 10.1. The summed E-state index contributed by atoms with van der Waals surface area (Å²) in [5, 5.41) is 5.66. The van der Waals surface area contributed by atoms with Crippen molar-refractivity contribution in [1.82, 2.24) is 15.2 Å². The number of halogens is 1. The largest absolute Gasteiger partial charge is 0.355 e. The number of carbonyl (C=O) groups is 2. The van der Waals surface area contributed by atoms with Crippen molar-refractivity contribution >= 4 is 39.4 Å². The summed E-state index contributed by atoms with van der Waals surface area (Å²) in [6.45, 7) is 8.68. The van der Waals surface area contributed by atoms with Crippen molar-refractivity contribution in [1.29, 1.82) is 0 Å². The molecular formula is C22H28BrN5O2. The topological polar surface area (TPSA) is 77.6 Å². The van der Waals surface area contributed by atoms with Crippen LogP contribution in [0.25, 0.3) is 0 Å². The van der Waals surface area contributed by atoms with E-state index in [0.29, 0.717) is 30.9 Å². The molecule has 160 valence electrons. The number of hydrogen-bond acceptors (Lipinski definition) is 4. The second-order valence-electron chi connectivity index (χ2n) is 8.38. The summed E-state index contributed by atoms with van der Waals surface area (Å²) in [6, 6.07) is 11.0. The van der Waals surface area contributed by atoms with Gasteiger partial charge in [-0.1, -0.05) is 22.0 Å².